The quantitative estimate of drug-likeness (QED) is 0.717. The first kappa shape index (κ1) is 17.7. The smallest absolute Gasteiger partial charge is 0.319 e. The van der Waals surface area contributed by atoms with Crippen molar-refractivity contribution in [1.82, 2.24) is 15.1 Å². The highest BCUT2D eigenvalue weighted by molar-refractivity contribution is 5.79. The second kappa shape index (κ2) is 8.84. The molecule has 122 valence electrons. The van der Waals surface area contributed by atoms with E-state index in [9.17, 15) is 14.7 Å². The maximum Gasteiger partial charge on any atom is 0.319 e. The summed E-state index contributed by atoms with van der Waals surface area (Å²) >= 11 is 0. The molecule has 0 saturated carbocycles. The van der Waals surface area contributed by atoms with Crippen molar-refractivity contribution in [2.24, 2.45) is 5.92 Å². The average molecular weight is 301 g/mol. The van der Waals surface area contributed by atoms with Crippen LogP contribution in [0.25, 0.3) is 0 Å². The van der Waals surface area contributed by atoms with Gasteiger partial charge in [-0.25, -0.2) is 4.79 Å². The molecule has 21 heavy (non-hydrogen) atoms. The van der Waals surface area contributed by atoms with Gasteiger partial charge in [-0.2, -0.15) is 0 Å². The van der Waals surface area contributed by atoms with Gasteiger partial charge in [-0.1, -0.05) is 0 Å². The summed E-state index contributed by atoms with van der Waals surface area (Å²) in [6.07, 6.45) is 1.31. The number of nitrogens with one attached hydrogen (secondary N) is 1. The molecule has 0 radical (unpaired) electrons. The monoisotopic (exact) mass is 301 g/mol. The van der Waals surface area contributed by atoms with E-state index in [0.29, 0.717) is 38.9 Å². The normalized spacial score (nSPS) is 17.4. The van der Waals surface area contributed by atoms with Crippen LogP contribution < -0.4 is 5.32 Å². The van der Waals surface area contributed by atoms with E-state index in [2.05, 4.69) is 5.32 Å². The van der Waals surface area contributed by atoms with Gasteiger partial charge in [-0.3, -0.25) is 4.79 Å². The molecule has 3 amide bonds. The Morgan fingerprint density at radius 2 is 2.00 bits per heavy atom. The number of hydrogen-bond donors (Lipinski definition) is 2. The number of amides is 3. The summed E-state index contributed by atoms with van der Waals surface area (Å²) in [7, 11) is 4.99. The number of aliphatic hydroxyl groups is 1. The Hall–Kier alpha value is -1.34. The van der Waals surface area contributed by atoms with Crippen LogP contribution in [0.1, 0.15) is 19.3 Å². The fraction of sp³-hybridized carbons (Fsp3) is 0.857. The van der Waals surface area contributed by atoms with Gasteiger partial charge in [-0.05, 0) is 19.3 Å². The molecular weight excluding hydrogens is 274 g/mol. The molecule has 1 unspecified atom stereocenters. The molecule has 1 aliphatic rings. The van der Waals surface area contributed by atoms with Crippen LogP contribution in [0.2, 0.25) is 0 Å². The predicted molar refractivity (Wildman–Crippen MR) is 78.9 cm³/mol. The Bertz CT molecular complexity index is 341. The van der Waals surface area contributed by atoms with Crippen molar-refractivity contribution in [3.05, 3.63) is 0 Å². The van der Waals surface area contributed by atoms with Crippen LogP contribution in [0.4, 0.5) is 4.79 Å². The third-order valence-electron chi connectivity index (χ3n) is 3.65. The maximum absolute atomic E-state index is 12.0. The summed E-state index contributed by atoms with van der Waals surface area (Å²) in [6.45, 7) is 1.95. The molecule has 1 rings (SSSR count). The zero-order valence-corrected chi connectivity index (χ0v) is 13.2. The van der Waals surface area contributed by atoms with Gasteiger partial charge < -0.3 is 25.0 Å². The number of carbonyl (C=O) groups is 2. The fourth-order valence-electron chi connectivity index (χ4n) is 2.40. The molecule has 1 fully saturated rings. The van der Waals surface area contributed by atoms with Crippen LogP contribution >= 0.6 is 0 Å². The highest BCUT2D eigenvalue weighted by Gasteiger charge is 2.27. The summed E-state index contributed by atoms with van der Waals surface area (Å²) in [6, 6.07) is -0.00320. The van der Waals surface area contributed by atoms with E-state index in [1.807, 2.05) is 0 Å². The Labute approximate surface area is 126 Å². The zero-order chi connectivity index (χ0) is 15.8. The van der Waals surface area contributed by atoms with E-state index in [0.717, 1.165) is 0 Å². The number of nitrogens with zero attached hydrogens (tertiary/aromatic N) is 2. The van der Waals surface area contributed by atoms with Crippen molar-refractivity contribution in [3.63, 3.8) is 0 Å². The maximum atomic E-state index is 12.0. The molecule has 7 heteroatoms. The zero-order valence-electron chi connectivity index (χ0n) is 13.2. The summed E-state index contributed by atoms with van der Waals surface area (Å²) in [5.41, 5.74) is 0. The molecule has 1 aliphatic heterocycles. The lowest BCUT2D eigenvalue weighted by atomic mass is 9.96. The van der Waals surface area contributed by atoms with E-state index >= 15 is 0 Å². The van der Waals surface area contributed by atoms with Crippen LogP contribution in [-0.2, 0) is 9.53 Å². The van der Waals surface area contributed by atoms with Crippen molar-refractivity contribution in [2.45, 2.75) is 25.4 Å². The van der Waals surface area contributed by atoms with Crippen LogP contribution in [0.3, 0.4) is 0 Å². The number of hydrogen-bond acceptors (Lipinski definition) is 4. The van der Waals surface area contributed by atoms with Gasteiger partial charge >= 0.3 is 6.03 Å². The summed E-state index contributed by atoms with van der Waals surface area (Å²) in [5, 5.41) is 12.3. The highest BCUT2D eigenvalue weighted by atomic mass is 16.5. The summed E-state index contributed by atoms with van der Waals surface area (Å²) < 4.78 is 4.83. The number of carbonyl (C=O) groups excluding carboxylic acids is 2. The second-order valence-electron chi connectivity index (χ2n) is 5.63. The third-order valence-corrected chi connectivity index (χ3v) is 3.65. The Balaban J connectivity index is 2.24. The molecule has 0 aromatic heterocycles. The van der Waals surface area contributed by atoms with E-state index in [1.54, 1.807) is 23.9 Å². The molecule has 1 atom stereocenters. The SMILES string of the molecule is COCC(O)CCNC(=O)C1CCN(C(=O)N(C)C)CC1. The lowest BCUT2D eigenvalue weighted by molar-refractivity contribution is -0.126. The number of piperidine rings is 1. The van der Waals surface area contributed by atoms with Gasteiger partial charge in [-0.15, -0.1) is 0 Å². The number of ether oxygens (including phenoxy) is 1. The first-order chi connectivity index (χ1) is 9.95. The van der Waals surface area contributed by atoms with Crippen LogP contribution in [0.5, 0.6) is 0 Å². The second-order valence-corrected chi connectivity index (χ2v) is 5.63. The molecule has 0 aromatic carbocycles. The van der Waals surface area contributed by atoms with Gasteiger partial charge in [0.2, 0.25) is 5.91 Å². The summed E-state index contributed by atoms with van der Waals surface area (Å²) in [5.74, 6) is -0.0349. The Kier molecular flexibility index (Phi) is 7.45. The standard InChI is InChI=1S/C14H27N3O4/c1-16(2)14(20)17-8-5-11(6-9-17)13(19)15-7-4-12(18)10-21-3/h11-12,18H,4-10H2,1-3H3,(H,15,19). The molecule has 0 bridgehead atoms. The van der Waals surface area contributed by atoms with Crippen LogP contribution in [0.15, 0.2) is 0 Å². The predicted octanol–water partition coefficient (Wildman–Crippen LogP) is -0.106. The lowest BCUT2D eigenvalue weighted by Gasteiger charge is -2.33. The number of urea groups is 1. The molecule has 0 spiro atoms. The topological polar surface area (TPSA) is 82.1 Å². The van der Waals surface area contributed by atoms with Gasteiger partial charge in [0.1, 0.15) is 0 Å². The molecule has 0 aliphatic carbocycles. The van der Waals surface area contributed by atoms with Gasteiger partial charge in [0.25, 0.3) is 0 Å². The number of rotatable bonds is 6. The number of likely N-dealkylation sites (tertiary alicyclic amines) is 1. The first-order valence-electron chi connectivity index (χ1n) is 7.36. The van der Waals surface area contributed by atoms with Crippen molar-refractivity contribution in [2.75, 3.05) is 47.4 Å². The largest absolute Gasteiger partial charge is 0.391 e. The minimum atomic E-state index is -0.546. The molecule has 2 N–H and O–H groups in total. The van der Waals surface area contributed by atoms with Crippen molar-refractivity contribution in [3.8, 4) is 0 Å². The summed E-state index contributed by atoms with van der Waals surface area (Å²) in [4.78, 5) is 27.1. The molecule has 1 heterocycles. The van der Waals surface area contributed by atoms with Crippen LogP contribution in [0, 0.1) is 5.92 Å². The van der Waals surface area contributed by atoms with E-state index in [-0.39, 0.29) is 24.5 Å². The Morgan fingerprint density at radius 1 is 1.38 bits per heavy atom. The van der Waals surface area contributed by atoms with Crippen molar-refractivity contribution >= 4 is 11.9 Å². The molecule has 0 aromatic rings. The van der Waals surface area contributed by atoms with Crippen molar-refractivity contribution in [1.29, 1.82) is 0 Å². The molecule has 7 nitrogen and oxygen atoms in total. The first-order valence-corrected chi connectivity index (χ1v) is 7.36. The highest BCUT2D eigenvalue weighted by Crippen LogP contribution is 2.18. The number of aliphatic hydroxyl groups excluding tert-OH is 1. The van der Waals surface area contributed by atoms with Crippen LogP contribution in [-0.4, -0.2) is 80.4 Å². The third kappa shape index (κ3) is 5.89. The van der Waals surface area contributed by atoms with Gasteiger partial charge in [0, 0.05) is 46.8 Å². The Morgan fingerprint density at radius 3 is 2.52 bits per heavy atom. The van der Waals surface area contributed by atoms with Gasteiger partial charge in [0.15, 0.2) is 0 Å². The molecular formula is C14H27N3O4. The average Bonchev–Trinajstić information content (AvgIpc) is 2.46. The minimum Gasteiger partial charge on any atom is -0.391 e. The van der Waals surface area contributed by atoms with Crippen molar-refractivity contribution < 1.29 is 19.4 Å². The van der Waals surface area contributed by atoms with E-state index in [1.165, 1.54) is 7.11 Å². The minimum absolute atomic E-state index is 0.00320. The fourth-order valence-corrected chi connectivity index (χ4v) is 2.40. The van der Waals surface area contributed by atoms with E-state index in [4.69, 9.17) is 4.74 Å². The molecule has 1 saturated heterocycles. The van der Waals surface area contributed by atoms with E-state index < -0.39 is 6.10 Å². The lowest BCUT2D eigenvalue weighted by Crippen LogP contribution is -2.46. The number of methoxy groups -OCH3 is 1. The van der Waals surface area contributed by atoms with Gasteiger partial charge in [0.05, 0.1) is 12.7 Å².